The standard InChI is InChI=1S/C19H25NO3/c21-18(16-8-9-17(12-16)19(22)23)20-10-4-7-15(13-20)11-14-5-2-1-3-6-14/h1-3,5-6,15-17H,4,7-13H2,(H,22,23)/t15?,16-,17+/m0/s1. The lowest BCUT2D eigenvalue weighted by molar-refractivity contribution is -0.142. The molecule has 1 amide bonds. The van der Waals surface area contributed by atoms with Crippen LogP contribution in [0, 0.1) is 17.8 Å². The van der Waals surface area contributed by atoms with Crippen LogP contribution >= 0.6 is 0 Å². The van der Waals surface area contributed by atoms with Gasteiger partial charge in [-0.05, 0) is 50.0 Å². The van der Waals surface area contributed by atoms with Gasteiger partial charge in [0.2, 0.25) is 5.91 Å². The van der Waals surface area contributed by atoms with E-state index in [2.05, 4.69) is 24.3 Å². The van der Waals surface area contributed by atoms with Crippen molar-refractivity contribution < 1.29 is 14.7 Å². The summed E-state index contributed by atoms with van der Waals surface area (Å²) in [7, 11) is 0. The highest BCUT2D eigenvalue weighted by molar-refractivity contribution is 5.81. The minimum Gasteiger partial charge on any atom is -0.481 e. The van der Waals surface area contributed by atoms with Crippen LogP contribution in [0.4, 0.5) is 0 Å². The summed E-state index contributed by atoms with van der Waals surface area (Å²) in [5, 5.41) is 9.10. The number of amides is 1. The fraction of sp³-hybridized carbons (Fsp3) is 0.579. The van der Waals surface area contributed by atoms with E-state index in [1.807, 2.05) is 11.0 Å². The van der Waals surface area contributed by atoms with Crippen LogP contribution in [0.2, 0.25) is 0 Å². The van der Waals surface area contributed by atoms with E-state index in [1.54, 1.807) is 0 Å². The van der Waals surface area contributed by atoms with Crippen LogP contribution < -0.4 is 0 Å². The van der Waals surface area contributed by atoms with Gasteiger partial charge in [-0.1, -0.05) is 30.3 Å². The molecule has 2 aliphatic rings. The zero-order chi connectivity index (χ0) is 16.2. The first-order valence-electron chi connectivity index (χ1n) is 8.69. The number of nitrogens with zero attached hydrogens (tertiary/aromatic N) is 1. The predicted octanol–water partition coefficient (Wildman–Crippen LogP) is 2.97. The number of carboxylic acid groups (broad SMARTS) is 1. The molecule has 23 heavy (non-hydrogen) atoms. The van der Waals surface area contributed by atoms with Crippen molar-refractivity contribution in [1.29, 1.82) is 0 Å². The lowest BCUT2D eigenvalue weighted by Gasteiger charge is -2.34. The Morgan fingerprint density at radius 2 is 1.83 bits per heavy atom. The minimum absolute atomic E-state index is 0.0772. The Kier molecular flexibility index (Phi) is 4.99. The Bertz CT molecular complexity index is 557. The molecule has 0 radical (unpaired) electrons. The highest BCUT2D eigenvalue weighted by atomic mass is 16.4. The highest BCUT2D eigenvalue weighted by Crippen LogP contribution is 2.33. The van der Waals surface area contributed by atoms with Crippen LogP contribution in [-0.2, 0) is 16.0 Å². The molecule has 0 spiro atoms. The molecule has 1 heterocycles. The molecule has 1 aromatic carbocycles. The van der Waals surface area contributed by atoms with E-state index < -0.39 is 5.97 Å². The molecule has 1 N–H and O–H groups in total. The number of carbonyl (C=O) groups is 2. The summed E-state index contributed by atoms with van der Waals surface area (Å²) in [6, 6.07) is 10.4. The lowest BCUT2D eigenvalue weighted by Crippen LogP contribution is -2.43. The molecule has 1 aliphatic heterocycles. The number of rotatable bonds is 4. The van der Waals surface area contributed by atoms with Crippen molar-refractivity contribution in [1.82, 2.24) is 4.90 Å². The number of hydrogen-bond acceptors (Lipinski definition) is 2. The fourth-order valence-corrected chi connectivity index (χ4v) is 4.07. The Morgan fingerprint density at radius 1 is 1.09 bits per heavy atom. The zero-order valence-corrected chi connectivity index (χ0v) is 13.5. The van der Waals surface area contributed by atoms with Crippen LogP contribution in [0.3, 0.4) is 0 Å². The number of hydrogen-bond donors (Lipinski definition) is 1. The largest absolute Gasteiger partial charge is 0.481 e. The summed E-state index contributed by atoms with van der Waals surface area (Å²) in [5.41, 5.74) is 1.33. The number of piperidine rings is 1. The number of likely N-dealkylation sites (tertiary alicyclic amines) is 1. The number of aliphatic carboxylic acids is 1. The van der Waals surface area contributed by atoms with Crippen LogP contribution in [0.5, 0.6) is 0 Å². The van der Waals surface area contributed by atoms with Crippen molar-refractivity contribution in [2.24, 2.45) is 17.8 Å². The van der Waals surface area contributed by atoms with Crippen LogP contribution in [-0.4, -0.2) is 35.0 Å². The molecule has 2 fully saturated rings. The lowest BCUT2D eigenvalue weighted by atomic mass is 9.90. The molecule has 1 saturated heterocycles. The molecule has 124 valence electrons. The van der Waals surface area contributed by atoms with E-state index in [-0.39, 0.29) is 17.7 Å². The first-order valence-corrected chi connectivity index (χ1v) is 8.69. The molecule has 1 aliphatic carbocycles. The number of carboxylic acids is 1. The third-order valence-electron chi connectivity index (χ3n) is 5.33. The topological polar surface area (TPSA) is 57.6 Å². The monoisotopic (exact) mass is 315 g/mol. The van der Waals surface area contributed by atoms with Gasteiger partial charge in [-0.2, -0.15) is 0 Å². The van der Waals surface area contributed by atoms with E-state index in [9.17, 15) is 9.59 Å². The van der Waals surface area contributed by atoms with Gasteiger partial charge in [0.25, 0.3) is 0 Å². The van der Waals surface area contributed by atoms with Gasteiger partial charge in [0.05, 0.1) is 5.92 Å². The fourth-order valence-electron chi connectivity index (χ4n) is 4.07. The van der Waals surface area contributed by atoms with Crippen LogP contribution in [0.25, 0.3) is 0 Å². The average Bonchev–Trinajstić information content (AvgIpc) is 3.06. The molecular weight excluding hydrogens is 290 g/mol. The van der Waals surface area contributed by atoms with Crippen molar-refractivity contribution in [2.45, 2.75) is 38.5 Å². The van der Waals surface area contributed by atoms with Crippen molar-refractivity contribution in [3.63, 3.8) is 0 Å². The van der Waals surface area contributed by atoms with Gasteiger partial charge in [-0.25, -0.2) is 0 Å². The third-order valence-corrected chi connectivity index (χ3v) is 5.33. The van der Waals surface area contributed by atoms with Gasteiger partial charge >= 0.3 is 5.97 Å². The zero-order valence-electron chi connectivity index (χ0n) is 13.5. The van der Waals surface area contributed by atoms with E-state index in [0.29, 0.717) is 18.8 Å². The van der Waals surface area contributed by atoms with Gasteiger partial charge in [0.1, 0.15) is 0 Å². The first-order chi connectivity index (χ1) is 11.1. The Morgan fingerprint density at radius 3 is 2.52 bits per heavy atom. The van der Waals surface area contributed by atoms with Crippen LogP contribution in [0.1, 0.15) is 37.7 Å². The summed E-state index contributed by atoms with van der Waals surface area (Å²) >= 11 is 0. The second-order valence-corrected chi connectivity index (χ2v) is 7.03. The Balaban J connectivity index is 1.56. The maximum atomic E-state index is 12.7. The molecule has 1 saturated carbocycles. The van der Waals surface area contributed by atoms with E-state index in [0.717, 1.165) is 32.4 Å². The van der Waals surface area contributed by atoms with Gasteiger partial charge < -0.3 is 10.0 Å². The second-order valence-electron chi connectivity index (χ2n) is 7.03. The quantitative estimate of drug-likeness (QED) is 0.929. The molecule has 3 atom stereocenters. The molecule has 0 aromatic heterocycles. The van der Waals surface area contributed by atoms with Gasteiger partial charge in [0.15, 0.2) is 0 Å². The normalized spacial score (nSPS) is 27.8. The SMILES string of the molecule is O=C(O)[C@@H]1CC[C@H](C(=O)N2CCCC(Cc3ccccc3)C2)C1. The third kappa shape index (κ3) is 3.92. The van der Waals surface area contributed by atoms with Crippen molar-refractivity contribution >= 4 is 11.9 Å². The molecule has 3 rings (SSSR count). The van der Waals surface area contributed by atoms with Gasteiger partial charge in [-0.15, -0.1) is 0 Å². The molecule has 4 heteroatoms. The average molecular weight is 315 g/mol. The predicted molar refractivity (Wildman–Crippen MR) is 87.9 cm³/mol. The van der Waals surface area contributed by atoms with E-state index in [1.165, 1.54) is 12.0 Å². The molecule has 0 bridgehead atoms. The Labute approximate surface area is 137 Å². The molecule has 1 unspecified atom stereocenters. The minimum atomic E-state index is -0.749. The smallest absolute Gasteiger partial charge is 0.306 e. The first kappa shape index (κ1) is 16.0. The van der Waals surface area contributed by atoms with E-state index in [4.69, 9.17) is 5.11 Å². The summed E-state index contributed by atoms with van der Waals surface area (Å²) in [5.74, 6) is -0.445. The summed E-state index contributed by atoms with van der Waals surface area (Å²) in [6.07, 6.45) is 5.14. The molecule has 1 aromatic rings. The summed E-state index contributed by atoms with van der Waals surface area (Å²) in [4.78, 5) is 25.8. The van der Waals surface area contributed by atoms with Crippen LogP contribution in [0.15, 0.2) is 30.3 Å². The van der Waals surface area contributed by atoms with Gasteiger partial charge in [-0.3, -0.25) is 9.59 Å². The maximum absolute atomic E-state index is 12.7. The molecule has 4 nitrogen and oxygen atoms in total. The summed E-state index contributed by atoms with van der Waals surface area (Å²) in [6.45, 7) is 1.65. The van der Waals surface area contributed by atoms with Gasteiger partial charge in [0, 0.05) is 19.0 Å². The highest BCUT2D eigenvalue weighted by Gasteiger charge is 2.37. The van der Waals surface area contributed by atoms with Crippen molar-refractivity contribution in [3.8, 4) is 0 Å². The second kappa shape index (κ2) is 7.16. The Hall–Kier alpha value is -1.84. The number of carbonyl (C=O) groups excluding carboxylic acids is 1. The van der Waals surface area contributed by atoms with E-state index >= 15 is 0 Å². The number of benzene rings is 1. The van der Waals surface area contributed by atoms with Crippen molar-refractivity contribution in [2.75, 3.05) is 13.1 Å². The maximum Gasteiger partial charge on any atom is 0.306 e. The summed E-state index contributed by atoms with van der Waals surface area (Å²) < 4.78 is 0. The molecular formula is C19H25NO3. The van der Waals surface area contributed by atoms with Crippen molar-refractivity contribution in [3.05, 3.63) is 35.9 Å².